The predicted octanol–water partition coefficient (Wildman–Crippen LogP) is 7.99. The maximum Gasteiger partial charge on any atom is 0.258 e. The minimum absolute atomic E-state index is 0.0434. The average Bonchev–Trinajstić information content (AvgIpc) is 3.46. The third kappa shape index (κ3) is 5.18. The number of fused-ring (bicyclic) bond motifs is 2. The molecule has 0 saturated heterocycles. The van der Waals surface area contributed by atoms with E-state index in [2.05, 4.69) is 52.6 Å². The normalized spacial score (nSPS) is 13.8. The van der Waals surface area contributed by atoms with Crippen LogP contribution in [0.25, 0.3) is 10.9 Å². The molecule has 0 N–H and O–H groups in total. The van der Waals surface area contributed by atoms with Crippen LogP contribution in [0.15, 0.2) is 47.1 Å². The maximum absolute atomic E-state index is 13.8. The van der Waals surface area contributed by atoms with Crippen molar-refractivity contribution in [1.82, 2.24) is 14.9 Å². The molecule has 2 aromatic heterocycles. The molecule has 0 radical (unpaired) electrons. The van der Waals surface area contributed by atoms with Crippen LogP contribution in [0.2, 0.25) is 16.6 Å². The Balaban J connectivity index is 1.77. The molecule has 1 amide bonds. The van der Waals surface area contributed by atoms with Crippen LogP contribution in [0.4, 0.5) is 4.39 Å². The number of hydrogen-bond acceptors (Lipinski definition) is 5. The van der Waals surface area contributed by atoms with Crippen LogP contribution in [0.1, 0.15) is 85.8 Å². The summed E-state index contributed by atoms with van der Waals surface area (Å²) >= 11 is 0. The molecule has 41 heavy (non-hydrogen) atoms. The molecule has 6 nitrogen and oxygen atoms in total. The highest BCUT2D eigenvalue weighted by atomic mass is 28.4. The fourth-order valence-electron chi connectivity index (χ4n) is 6.79. The zero-order chi connectivity index (χ0) is 29.6. The summed E-state index contributed by atoms with van der Waals surface area (Å²) in [6, 6.07) is 8.71. The number of benzene rings is 2. The molecular formula is C33H40FN3O3Si. The smallest absolute Gasteiger partial charge is 0.258 e. The number of rotatable bonds is 9. The van der Waals surface area contributed by atoms with Gasteiger partial charge in [-0.15, -0.1) is 0 Å². The van der Waals surface area contributed by atoms with Crippen molar-refractivity contribution in [2.24, 2.45) is 0 Å². The summed E-state index contributed by atoms with van der Waals surface area (Å²) in [5, 5.41) is 0.941. The van der Waals surface area contributed by atoms with Gasteiger partial charge in [0.25, 0.3) is 14.2 Å². The van der Waals surface area contributed by atoms with Gasteiger partial charge in [0, 0.05) is 25.2 Å². The highest BCUT2D eigenvalue weighted by molar-refractivity contribution is 6.78. The molecule has 216 valence electrons. The van der Waals surface area contributed by atoms with E-state index >= 15 is 0 Å². The number of hydrogen-bond donors (Lipinski definition) is 0. The van der Waals surface area contributed by atoms with Gasteiger partial charge in [-0.25, -0.2) is 9.37 Å². The summed E-state index contributed by atoms with van der Waals surface area (Å²) in [5.74, 6) is 1.66. The van der Waals surface area contributed by atoms with Crippen LogP contribution >= 0.6 is 0 Å². The van der Waals surface area contributed by atoms with Gasteiger partial charge in [0.2, 0.25) is 0 Å². The molecule has 0 atom stereocenters. The topological polar surface area (TPSA) is 68.5 Å². The molecule has 0 unspecified atom stereocenters. The van der Waals surface area contributed by atoms with Crippen LogP contribution < -0.4 is 4.43 Å². The van der Waals surface area contributed by atoms with Gasteiger partial charge >= 0.3 is 0 Å². The number of carbonyl (C=O) groups is 1. The summed E-state index contributed by atoms with van der Waals surface area (Å²) in [6.07, 6.45) is 4.63. The lowest BCUT2D eigenvalue weighted by Crippen LogP contribution is -2.51. The fourth-order valence-corrected chi connectivity index (χ4v) is 12.0. The Labute approximate surface area is 243 Å². The van der Waals surface area contributed by atoms with Crippen LogP contribution in [0, 0.1) is 12.7 Å². The summed E-state index contributed by atoms with van der Waals surface area (Å²) in [4.78, 5) is 25.0. The minimum atomic E-state index is -2.43. The molecule has 1 aliphatic heterocycles. The van der Waals surface area contributed by atoms with Gasteiger partial charge in [0.05, 0.1) is 18.2 Å². The van der Waals surface area contributed by atoms with Gasteiger partial charge in [-0.05, 0) is 70.4 Å². The van der Waals surface area contributed by atoms with Crippen molar-refractivity contribution in [3.05, 3.63) is 88.0 Å². The second-order valence-electron chi connectivity index (χ2n) is 12.3. The van der Waals surface area contributed by atoms with Crippen molar-refractivity contribution < 1.29 is 18.0 Å². The first kappa shape index (κ1) is 29.0. The quantitative estimate of drug-likeness (QED) is 0.190. The van der Waals surface area contributed by atoms with Crippen molar-refractivity contribution in [3.63, 3.8) is 0 Å². The first-order valence-corrected chi connectivity index (χ1v) is 16.6. The standard InChI is InChI=1S/C33H40FN3O3Si/c1-19(2)41(20(3)4,21(5)6)40-32-30-28(18-37(8)33(30)38)26(15-29-35-16-22(7)39-29)27-14-24(17-36-31(27)32)13-23-9-11-25(34)12-10-23/h9-12,14,16-17,19-21H,13,15,18H2,1-8H3. The van der Waals surface area contributed by atoms with E-state index in [0.717, 1.165) is 33.4 Å². The lowest BCUT2D eigenvalue weighted by atomic mass is 9.93. The number of oxazole rings is 1. The van der Waals surface area contributed by atoms with Gasteiger partial charge < -0.3 is 13.7 Å². The Morgan fingerprint density at radius 2 is 1.63 bits per heavy atom. The Kier molecular flexibility index (Phi) is 7.81. The number of halogens is 1. The second kappa shape index (κ2) is 11.0. The molecule has 0 aliphatic carbocycles. The van der Waals surface area contributed by atoms with E-state index in [1.165, 1.54) is 12.1 Å². The van der Waals surface area contributed by atoms with E-state index in [9.17, 15) is 9.18 Å². The van der Waals surface area contributed by atoms with Crippen molar-refractivity contribution in [3.8, 4) is 5.75 Å². The monoisotopic (exact) mass is 573 g/mol. The Morgan fingerprint density at radius 1 is 0.976 bits per heavy atom. The number of amides is 1. The summed E-state index contributed by atoms with van der Waals surface area (Å²) in [7, 11) is -0.591. The highest BCUT2D eigenvalue weighted by Crippen LogP contribution is 2.48. The first-order valence-electron chi connectivity index (χ1n) is 14.5. The third-order valence-electron chi connectivity index (χ3n) is 8.64. The molecule has 0 spiro atoms. The highest BCUT2D eigenvalue weighted by Gasteiger charge is 2.49. The van der Waals surface area contributed by atoms with Crippen molar-refractivity contribution in [1.29, 1.82) is 0 Å². The SMILES string of the molecule is Cc1cnc(Cc2c3c(c(O[Si](C(C)C)(C(C)C)C(C)C)c4ncc(Cc5ccc(F)cc5)cc24)C(=O)N(C)C3)o1. The molecule has 8 heteroatoms. The van der Waals surface area contributed by atoms with Gasteiger partial charge in [-0.1, -0.05) is 53.7 Å². The first-order chi connectivity index (χ1) is 19.4. The Bertz CT molecular complexity index is 1570. The summed E-state index contributed by atoms with van der Waals surface area (Å²) in [5.41, 5.74) is 6.24. The fraction of sp³-hybridized carbons (Fsp3) is 0.424. The molecule has 4 aromatic rings. The number of pyridine rings is 1. The Morgan fingerprint density at radius 3 is 2.22 bits per heavy atom. The van der Waals surface area contributed by atoms with E-state index in [0.29, 0.717) is 58.7 Å². The minimum Gasteiger partial charge on any atom is -0.541 e. The summed E-state index contributed by atoms with van der Waals surface area (Å²) < 4.78 is 26.8. The van der Waals surface area contributed by atoms with Crippen LogP contribution in [-0.2, 0) is 19.4 Å². The lowest BCUT2D eigenvalue weighted by Gasteiger charge is -2.42. The van der Waals surface area contributed by atoms with Crippen LogP contribution in [0.5, 0.6) is 5.75 Å². The van der Waals surface area contributed by atoms with E-state index in [1.54, 1.807) is 23.2 Å². The predicted molar refractivity (Wildman–Crippen MR) is 162 cm³/mol. The van der Waals surface area contributed by atoms with Gasteiger partial charge in [0.1, 0.15) is 22.8 Å². The van der Waals surface area contributed by atoms with Gasteiger partial charge in [-0.3, -0.25) is 9.78 Å². The largest absolute Gasteiger partial charge is 0.541 e. The lowest BCUT2D eigenvalue weighted by molar-refractivity contribution is 0.0815. The zero-order valence-corrected chi connectivity index (χ0v) is 26.3. The molecule has 0 saturated carbocycles. The zero-order valence-electron chi connectivity index (χ0n) is 25.3. The number of aryl methyl sites for hydroxylation is 1. The molecule has 0 fully saturated rings. The van der Waals surface area contributed by atoms with Gasteiger partial charge in [-0.2, -0.15) is 0 Å². The molecule has 0 bridgehead atoms. The van der Waals surface area contributed by atoms with E-state index in [1.807, 2.05) is 20.2 Å². The molecular weight excluding hydrogens is 533 g/mol. The molecule has 2 aromatic carbocycles. The van der Waals surface area contributed by atoms with Crippen molar-refractivity contribution in [2.75, 3.05) is 7.05 Å². The number of aromatic nitrogens is 2. The van der Waals surface area contributed by atoms with E-state index < -0.39 is 8.32 Å². The van der Waals surface area contributed by atoms with Gasteiger partial charge in [0.15, 0.2) is 5.89 Å². The van der Waals surface area contributed by atoms with Crippen molar-refractivity contribution >= 4 is 25.1 Å². The number of nitrogens with zero attached hydrogens (tertiary/aromatic N) is 3. The van der Waals surface area contributed by atoms with E-state index in [-0.39, 0.29) is 11.7 Å². The Hall–Kier alpha value is -3.52. The summed E-state index contributed by atoms with van der Waals surface area (Å²) in [6.45, 7) is 15.8. The third-order valence-corrected chi connectivity index (χ3v) is 14.6. The van der Waals surface area contributed by atoms with E-state index in [4.69, 9.17) is 13.8 Å². The molecule has 1 aliphatic rings. The van der Waals surface area contributed by atoms with Crippen LogP contribution in [-0.4, -0.2) is 36.1 Å². The molecule has 5 rings (SSSR count). The average molecular weight is 574 g/mol. The second-order valence-corrected chi connectivity index (χ2v) is 17.7. The maximum atomic E-state index is 13.8. The van der Waals surface area contributed by atoms with Crippen LogP contribution in [0.3, 0.4) is 0 Å². The number of carbonyl (C=O) groups excluding carboxylic acids is 1. The molecule has 3 heterocycles. The van der Waals surface area contributed by atoms with Crippen molar-refractivity contribution in [2.45, 2.75) is 84.5 Å².